The van der Waals surface area contributed by atoms with Gasteiger partial charge in [0, 0.05) is 11.8 Å². The van der Waals surface area contributed by atoms with Crippen LogP contribution in [-0.4, -0.2) is 51.5 Å². The Morgan fingerprint density at radius 1 is 1.40 bits per heavy atom. The molecule has 0 aromatic heterocycles. The van der Waals surface area contributed by atoms with Gasteiger partial charge in [-0.05, 0) is 19.8 Å². The predicted octanol–water partition coefficient (Wildman–Crippen LogP) is 0.523. The number of carbonyl (C=O) groups is 3. The van der Waals surface area contributed by atoms with Gasteiger partial charge >= 0.3 is 5.97 Å². The summed E-state index contributed by atoms with van der Waals surface area (Å²) in [7, 11) is 0. The van der Waals surface area contributed by atoms with Crippen LogP contribution >= 0.6 is 11.8 Å². The maximum Gasteiger partial charge on any atom is 0.307 e. The van der Waals surface area contributed by atoms with Crippen molar-refractivity contribution in [1.29, 1.82) is 0 Å². The Hall–Kier alpha value is -1.24. The lowest BCUT2D eigenvalue weighted by molar-refractivity contribution is -0.143. The molecule has 1 saturated carbocycles. The van der Waals surface area contributed by atoms with Crippen LogP contribution in [0.2, 0.25) is 0 Å². The van der Waals surface area contributed by atoms with Crippen molar-refractivity contribution in [2.24, 2.45) is 11.8 Å². The van der Waals surface area contributed by atoms with E-state index in [9.17, 15) is 14.4 Å². The summed E-state index contributed by atoms with van der Waals surface area (Å²) < 4.78 is 0. The molecule has 0 bridgehead atoms. The molecule has 1 saturated heterocycles. The smallest absolute Gasteiger partial charge is 0.307 e. The second kappa shape index (κ2) is 6.03. The molecule has 2 fully saturated rings. The maximum atomic E-state index is 12.3. The van der Waals surface area contributed by atoms with Gasteiger partial charge in [0.1, 0.15) is 6.04 Å². The van der Waals surface area contributed by atoms with Crippen LogP contribution < -0.4 is 5.32 Å². The van der Waals surface area contributed by atoms with E-state index in [-0.39, 0.29) is 17.9 Å². The van der Waals surface area contributed by atoms with Crippen LogP contribution in [0, 0.1) is 11.8 Å². The molecule has 0 aromatic carbocycles. The summed E-state index contributed by atoms with van der Waals surface area (Å²) in [5.41, 5.74) is 0. The topological polar surface area (TPSA) is 86.7 Å². The van der Waals surface area contributed by atoms with Crippen molar-refractivity contribution in [3.63, 3.8) is 0 Å². The van der Waals surface area contributed by atoms with E-state index in [1.165, 1.54) is 16.7 Å². The molecule has 1 heterocycles. The van der Waals surface area contributed by atoms with Gasteiger partial charge < -0.3 is 15.3 Å². The molecule has 1 aliphatic carbocycles. The first-order valence-electron chi connectivity index (χ1n) is 6.87. The van der Waals surface area contributed by atoms with Crippen molar-refractivity contribution < 1.29 is 19.5 Å². The molecule has 2 aliphatic rings. The molecule has 20 heavy (non-hydrogen) atoms. The summed E-state index contributed by atoms with van der Waals surface area (Å²) in [6, 6.07) is -0.380. The number of thioether (sulfide) groups is 1. The number of nitrogens with zero attached hydrogens (tertiary/aromatic N) is 1. The molecule has 2 rings (SSSR count). The lowest BCUT2D eigenvalue weighted by Gasteiger charge is -2.24. The van der Waals surface area contributed by atoms with Crippen LogP contribution in [0.3, 0.4) is 0 Å². The average Bonchev–Trinajstić information content (AvgIpc) is 3.07. The SMILES string of the molecule is CCC(C)NC(=O)C1CSCN1C(=O)C1CC1C(=O)O. The van der Waals surface area contributed by atoms with Gasteiger partial charge in [0.05, 0.1) is 17.7 Å². The highest BCUT2D eigenvalue weighted by Gasteiger charge is 2.52. The van der Waals surface area contributed by atoms with E-state index in [0.29, 0.717) is 18.1 Å². The molecule has 2 amide bonds. The summed E-state index contributed by atoms with van der Waals surface area (Å²) in [5.74, 6) is -1.19. The highest BCUT2D eigenvalue weighted by molar-refractivity contribution is 7.99. The van der Waals surface area contributed by atoms with Crippen molar-refractivity contribution in [3.8, 4) is 0 Å². The standard InChI is InChI=1S/C13H20N2O4S/c1-3-7(2)14-11(16)10-5-20-6-15(10)12(17)8-4-9(8)13(18)19/h7-10H,3-6H2,1-2H3,(H,14,16)(H,18,19). The molecule has 0 spiro atoms. The summed E-state index contributed by atoms with van der Waals surface area (Å²) in [6.45, 7) is 3.91. The van der Waals surface area contributed by atoms with Gasteiger partial charge in [0.2, 0.25) is 11.8 Å². The Morgan fingerprint density at radius 3 is 2.65 bits per heavy atom. The third-order valence-corrected chi connectivity index (χ3v) is 4.91. The molecule has 2 N–H and O–H groups in total. The molecule has 112 valence electrons. The second-order valence-electron chi connectivity index (χ2n) is 5.43. The highest BCUT2D eigenvalue weighted by Crippen LogP contribution is 2.41. The van der Waals surface area contributed by atoms with Gasteiger partial charge in [-0.2, -0.15) is 0 Å². The van der Waals surface area contributed by atoms with E-state index in [2.05, 4.69) is 5.32 Å². The van der Waals surface area contributed by atoms with Crippen molar-refractivity contribution in [2.45, 2.75) is 38.8 Å². The number of carbonyl (C=O) groups excluding carboxylic acids is 2. The van der Waals surface area contributed by atoms with E-state index in [1.807, 2.05) is 13.8 Å². The van der Waals surface area contributed by atoms with Crippen molar-refractivity contribution in [2.75, 3.05) is 11.6 Å². The monoisotopic (exact) mass is 300 g/mol. The fourth-order valence-corrected chi connectivity index (χ4v) is 3.44. The molecular weight excluding hydrogens is 280 g/mol. The normalized spacial score (nSPS) is 29.9. The fourth-order valence-electron chi connectivity index (χ4n) is 2.27. The highest BCUT2D eigenvalue weighted by atomic mass is 32.2. The van der Waals surface area contributed by atoms with E-state index in [1.54, 1.807) is 0 Å². The Bertz CT molecular complexity index is 429. The fraction of sp³-hybridized carbons (Fsp3) is 0.769. The van der Waals surface area contributed by atoms with Crippen molar-refractivity contribution in [1.82, 2.24) is 10.2 Å². The summed E-state index contributed by atoms with van der Waals surface area (Å²) in [6.07, 6.45) is 1.23. The zero-order valence-electron chi connectivity index (χ0n) is 11.7. The Morgan fingerprint density at radius 2 is 2.10 bits per heavy atom. The zero-order valence-corrected chi connectivity index (χ0v) is 12.5. The van der Waals surface area contributed by atoms with E-state index < -0.39 is 23.8 Å². The van der Waals surface area contributed by atoms with E-state index in [4.69, 9.17) is 5.11 Å². The van der Waals surface area contributed by atoms with Gasteiger partial charge in [-0.15, -0.1) is 11.8 Å². The first kappa shape index (κ1) is 15.2. The number of hydrogen-bond donors (Lipinski definition) is 2. The quantitative estimate of drug-likeness (QED) is 0.773. The molecule has 7 heteroatoms. The number of rotatable bonds is 5. The lowest BCUT2D eigenvalue weighted by Crippen LogP contribution is -2.49. The van der Waals surface area contributed by atoms with Crippen molar-refractivity contribution >= 4 is 29.5 Å². The van der Waals surface area contributed by atoms with Gasteiger partial charge in [0.25, 0.3) is 0 Å². The molecular formula is C13H20N2O4S. The van der Waals surface area contributed by atoms with E-state index >= 15 is 0 Å². The second-order valence-corrected chi connectivity index (χ2v) is 6.43. The minimum Gasteiger partial charge on any atom is -0.481 e. The van der Waals surface area contributed by atoms with Crippen molar-refractivity contribution in [3.05, 3.63) is 0 Å². The number of amides is 2. The third-order valence-electron chi connectivity index (χ3n) is 3.89. The zero-order chi connectivity index (χ0) is 14.9. The summed E-state index contributed by atoms with van der Waals surface area (Å²) in [4.78, 5) is 36.8. The molecule has 0 radical (unpaired) electrons. The molecule has 6 nitrogen and oxygen atoms in total. The van der Waals surface area contributed by atoms with Gasteiger partial charge in [0.15, 0.2) is 0 Å². The minimum atomic E-state index is -0.921. The first-order valence-corrected chi connectivity index (χ1v) is 8.02. The number of carboxylic acids is 1. The van der Waals surface area contributed by atoms with Crippen LogP contribution in [0.15, 0.2) is 0 Å². The van der Waals surface area contributed by atoms with Crippen LogP contribution in [0.25, 0.3) is 0 Å². The summed E-state index contributed by atoms with van der Waals surface area (Å²) >= 11 is 1.53. The van der Waals surface area contributed by atoms with Crippen LogP contribution in [0.1, 0.15) is 26.7 Å². The third kappa shape index (κ3) is 3.08. The van der Waals surface area contributed by atoms with E-state index in [0.717, 1.165) is 6.42 Å². The average molecular weight is 300 g/mol. The van der Waals surface area contributed by atoms with Gasteiger partial charge in [-0.1, -0.05) is 6.92 Å². The van der Waals surface area contributed by atoms with Crippen LogP contribution in [0.5, 0.6) is 0 Å². The predicted molar refractivity (Wildman–Crippen MR) is 75.1 cm³/mol. The first-order chi connectivity index (χ1) is 9.45. The lowest BCUT2D eigenvalue weighted by atomic mass is 10.2. The molecule has 4 atom stereocenters. The number of carboxylic acid groups (broad SMARTS) is 1. The molecule has 1 aliphatic heterocycles. The van der Waals surface area contributed by atoms with Crippen LogP contribution in [-0.2, 0) is 14.4 Å². The Balaban J connectivity index is 1.95. The summed E-state index contributed by atoms with van der Waals surface area (Å²) in [5, 5.41) is 11.8. The number of nitrogens with one attached hydrogen (secondary N) is 1. The van der Waals surface area contributed by atoms with Gasteiger partial charge in [-0.25, -0.2) is 0 Å². The van der Waals surface area contributed by atoms with Crippen LogP contribution in [0.4, 0.5) is 0 Å². The largest absolute Gasteiger partial charge is 0.481 e. The Kier molecular flexibility index (Phi) is 4.57. The molecule has 0 aromatic rings. The minimum absolute atomic E-state index is 0.0812. The number of aliphatic carboxylic acids is 1. The Labute approximate surface area is 122 Å². The molecule has 4 unspecified atom stereocenters. The maximum absolute atomic E-state index is 12.3. The number of hydrogen-bond acceptors (Lipinski definition) is 4. The van der Waals surface area contributed by atoms with Gasteiger partial charge in [-0.3, -0.25) is 14.4 Å².